The van der Waals surface area contributed by atoms with Gasteiger partial charge in [-0.25, -0.2) is 4.18 Å². The summed E-state index contributed by atoms with van der Waals surface area (Å²) in [5, 5.41) is 0. The summed E-state index contributed by atoms with van der Waals surface area (Å²) in [7, 11) is -4.23. The molecule has 0 aromatic carbocycles. The van der Waals surface area contributed by atoms with Gasteiger partial charge < -0.3 is 0 Å². The molecule has 0 unspecified atom stereocenters. The second-order valence-electron chi connectivity index (χ2n) is 3.37. The summed E-state index contributed by atoms with van der Waals surface area (Å²) in [5.41, 5.74) is 0. The predicted octanol–water partition coefficient (Wildman–Crippen LogP) is 1.91. The second kappa shape index (κ2) is 11.0. The van der Waals surface area contributed by atoms with Gasteiger partial charge in [0.1, 0.15) is 0 Å². The van der Waals surface area contributed by atoms with Gasteiger partial charge in [-0.3, -0.25) is 4.55 Å². The molecule has 88 valence electrons. The fourth-order valence-corrected chi connectivity index (χ4v) is 1.55. The quantitative estimate of drug-likeness (QED) is 0.374. The number of hydrogen-bond donors (Lipinski definition) is 1. The molecule has 0 aliphatic heterocycles. The summed E-state index contributed by atoms with van der Waals surface area (Å²) in [5.74, 6) is 0. The standard InChI is InChI=1S/C9H20O4S.Li.H/c1-2-3-4-5-6-7-8-9-13-14(10,11)12;;/h2-9H2,1H3,(H,10,11,12);;. The zero-order chi connectivity index (χ0) is 10.9. The number of rotatable bonds is 9. The van der Waals surface area contributed by atoms with E-state index >= 15 is 0 Å². The zero-order valence-corrected chi connectivity index (χ0v) is 9.55. The molecule has 0 aromatic heterocycles. The van der Waals surface area contributed by atoms with Crippen molar-refractivity contribution in [2.75, 3.05) is 6.61 Å². The van der Waals surface area contributed by atoms with Crippen molar-refractivity contribution in [1.82, 2.24) is 0 Å². The van der Waals surface area contributed by atoms with E-state index in [1.165, 1.54) is 25.7 Å². The van der Waals surface area contributed by atoms with E-state index in [0.717, 1.165) is 12.8 Å². The molecule has 0 aromatic rings. The summed E-state index contributed by atoms with van der Waals surface area (Å²) < 4.78 is 32.7. The molecule has 0 radical (unpaired) electrons. The summed E-state index contributed by atoms with van der Waals surface area (Å²) in [6, 6.07) is 0. The topological polar surface area (TPSA) is 63.6 Å². The van der Waals surface area contributed by atoms with Crippen molar-refractivity contribution in [3.63, 3.8) is 0 Å². The number of hydrogen-bond acceptors (Lipinski definition) is 3. The Morgan fingerprint density at radius 2 is 1.47 bits per heavy atom. The van der Waals surface area contributed by atoms with Crippen molar-refractivity contribution in [2.45, 2.75) is 51.9 Å². The van der Waals surface area contributed by atoms with Crippen molar-refractivity contribution in [1.29, 1.82) is 0 Å². The maximum absolute atomic E-state index is 10.1. The molecule has 0 saturated carbocycles. The monoisotopic (exact) mass is 232 g/mol. The van der Waals surface area contributed by atoms with Gasteiger partial charge in [-0.1, -0.05) is 45.4 Å². The van der Waals surface area contributed by atoms with Gasteiger partial charge in [0.25, 0.3) is 0 Å². The van der Waals surface area contributed by atoms with Crippen LogP contribution in [-0.4, -0.2) is 38.4 Å². The van der Waals surface area contributed by atoms with Crippen molar-refractivity contribution in [3.8, 4) is 0 Å². The molecule has 0 spiro atoms. The fourth-order valence-electron chi connectivity index (χ4n) is 1.22. The van der Waals surface area contributed by atoms with E-state index in [1.807, 2.05) is 0 Å². The van der Waals surface area contributed by atoms with E-state index in [2.05, 4.69) is 11.1 Å². The molecule has 0 amide bonds. The predicted molar refractivity (Wildman–Crippen MR) is 62.6 cm³/mol. The molecular weight excluding hydrogens is 211 g/mol. The third-order valence-corrected chi connectivity index (χ3v) is 2.44. The molecule has 0 fully saturated rings. The third-order valence-electron chi connectivity index (χ3n) is 1.98. The van der Waals surface area contributed by atoms with E-state index < -0.39 is 10.4 Å². The molecule has 1 N–H and O–H groups in total. The van der Waals surface area contributed by atoms with Crippen LogP contribution in [0.25, 0.3) is 0 Å². The molecule has 0 atom stereocenters. The maximum atomic E-state index is 10.1. The van der Waals surface area contributed by atoms with Gasteiger partial charge in [-0.15, -0.1) is 0 Å². The van der Waals surface area contributed by atoms with E-state index in [9.17, 15) is 8.42 Å². The Morgan fingerprint density at radius 1 is 1.00 bits per heavy atom. The third kappa shape index (κ3) is 17.1. The minimum atomic E-state index is -4.23. The van der Waals surface area contributed by atoms with E-state index in [-0.39, 0.29) is 25.5 Å². The molecule has 0 saturated heterocycles. The fraction of sp³-hybridized carbons (Fsp3) is 1.00. The average molecular weight is 232 g/mol. The van der Waals surface area contributed by atoms with Gasteiger partial charge in [0.2, 0.25) is 0 Å². The van der Waals surface area contributed by atoms with Crippen LogP contribution in [0.1, 0.15) is 51.9 Å². The minimum absolute atomic E-state index is 0. The van der Waals surface area contributed by atoms with Crippen LogP contribution in [0.15, 0.2) is 0 Å². The van der Waals surface area contributed by atoms with Crippen LogP contribution in [0.3, 0.4) is 0 Å². The van der Waals surface area contributed by atoms with Crippen LogP contribution in [0.5, 0.6) is 0 Å². The summed E-state index contributed by atoms with van der Waals surface area (Å²) in [6.45, 7) is 2.26. The summed E-state index contributed by atoms with van der Waals surface area (Å²) in [4.78, 5) is 0. The molecule has 0 heterocycles. The van der Waals surface area contributed by atoms with Crippen LogP contribution < -0.4 is 0 Å². The molecule has 4 nitrogen and oxygen atoms in total. The van der Waals surface area contributed by atoms with Crippen LogP contribution in [0.4, 0.5) is 0 Å². The summed E-state index contributed by atoms with van der Waals surface area (Å²) >= 11 is 0. The van der Waals surface area contributed by atoms with Crippen molar-refractivity contribution in [3.05, 3.63) is 0 Å². The first kappa shape index (κ1) is 17.8. The Hall–Kier alpha value is 0.467. The van der Waals surface area contributed by atoms with Gasteiger partial charge in [-0.05, 0) is 6.42 Å². The molecule has 15 heavy (non-hydrogen) atoms. The molecule has 0 rings (SSSR count). The van der Waals surface area contributed by atoms with Crippen LogP contribution in [0, 0.1) is 0 Å². The van der Waals surface area contributed by atoms with Crippen LogP contribution >= 0.6 is 0 Å². The Bertz CT molecular complexity index is 216. The van der Waals surface area contributed by atoms with E-state index in [4.69, 9.17) is 4.55 Å². The first-order valence-electron chi connectivity index (χ1n) is 5.18. The van der Waals surface area contributed by atoms with Crippen molar-refractivity contribution >= 4 is 29.3 Å². The molecule has 0 aliphatic rings. The molecule has 0 bridgehead atoms. The van der Waals surface area contributed by atoms with Crippen molar-refractivity contribution < 1.29 is 17.2 Å². The van der Waals surface area contributed by atoms with Crippen molar-refractivity contribution in [2.24, 2.45) is 0 Å². The molecular formula is C9H21LiO4S. The Morgan fingerprint density at radius 3 is 1.93 bits per heavy atom. The average Bonchev–Trinajstić information content (AvgIpc) is 2.08. The first-order valence-corrected chi connectivity index (χ1v) is 6.54. The SMILES string of the molecule is CCCCCCCCCOS(=O)(=O)O.[LiH]. The zero-order valence-electron chi connectivity index (χ0n) is 8.74. The van der Waals surface area contributed by atoms with Gasteiger partial charge in [0, 0.05) is 0 Å². The van der Waals surface area contributed by atoms with Crippen LogP contribution in [0.2, 0.25) is 0 Å². The normalized spacial score (nSPS) is 11.1. The molecule has 6 heteroatoms. The number of unbranched alkanes of at least 4 members (excludes halogenated alkanes) is 6. The Balaban J connectivity index is 0. The molecule has 0 aliphatic carbocycles. The van der Waals surface area contributed by atoms with E-state index in [1.54, 1.807) is 0 Å². The van der Waals surface area contributed by atoms with Gasteiger partial charge in [0.05, 0.1) is 6.61 Å². The first-order chi connectivity index (χ1) is 6.56. The van der Waals surface area contributed by atoms with Gasteiger partial charge in [0.15, 0.2) is 0 Å². The van der Waals surface area contributed by atoms with Crippen LogP contribution in [-0.2, 0) is 14.6 Å². The summed E-state index contributed by atoms with van der Waals surface area (Å²) in [6.07, 6.45) is 7.68. The van der Waals surface area contributed by atoms with E-state index in [0.29, 0.717) is 6.42 Å². The second-order valence-corrected chi connectivity index (χ2v) is 4.46. The van der Waals surface area contributed by atoms with Gasteiger partial charge >= 0.3 is 29.3 Å². The Labute approximate surface area is 105 Å². The Kier molecular flexibility index (Phi) is 13.1. The van der Waals surface area contributed by atoms with Gasteiger partial charge in [-0.2, -0.15) is 8.42 Å².